The molecule has 11 heteroatoms. The number of rotatable bonds is 10. The molecule has 1 aliphatic heterocycles. The minimum atomic E-state index is -4.86. The van der Waals surface area contributed by atoms with E-state index in [-0.39, 0.29) is 18.9 Å². The summed E-state index contributed by atoms with van der Waals surface area (Å²) in [6, 6.07) is 15.1. The van der Waals surface area contributed by atoms with E-state index in [0.717, 1.165) is 11.1 Å². The third-order valence-corrected chi connectivity index (χ3v) is 6.52. The number of carbonyl (C=O) groups excluding carboxylic acids is 1. The van der Waals surface area contributed by atoms with Crippen molar-refractivity contribution >= 4 is 34.9 Å². The molecular formula is C28H26ClF3N2O5. The fourth-order valence-corrected chi connectivity index (χ4v) is 4.63. The maximum Gasteiger partial charge on any atom is 0.573 e. The zero-order valence-corrected chi connectivity index (χ0v) is 21.7. The van der Waals surface area contributed by atoms with Crippen LogP contribution < -0.4 is 19.7 Å². The molecule has 1 heterocycles. The number of ether oxygens (including phenoxy) is 2. The zero-order valence-electron chi connectivity index (χ0n) is 20.9. The molecule has 0 spiro atoms. The van der Waals surface area contributed by atoms with E-state index in [2.05, 4.69) is 10.1 Å². The summed E-state index contributed by atoms with van der Waals surface area (Å²) in [4.78, 5) is 26.3. The Bertz CT molecular complexity index is 1350. The van der Waals surface area contributed by atoms with Gasteiger partial charge in [0.05, 0.1) is 12.8 Å². The highest BCUT2D eigenvalue weighted by molar-refractivity contribution is 6.30. The van der Waals surface area contributed by atoms with Crippen LogP contribution in [0.2, 0.25) is 5.02 Å². The standard InChI is InChI=1S/C28H26ClF3N2O5/c1-38-23-14-17(3-2-4-25(35)36)13-21(15-23)33-26(19-5-8-20(29)9-6-19)27(37)34-12-11-18-7-10-22(16-24(18)34)39-28(30,31)32/h5-10,13-16,26,33H,2-4,11-12H2,1H3,(H,35,36). The summed E-state index contributed by atoms with van der Waals surface area (Å²) in [7, 11) is 1.50. The summed E-state index contributed by atoms with van der Waals surface area (Å²) in [5.41, 5.74) is 3.05. The largest absolute Gasteiger partial charge is 0.573 e. The Morgan fingerprint density at radius 3 is 2.49 bits per heavy atom. The molecule has 39 heavy (non-hydrogen) atoms. The van der Waals surface area contributed by atoms with Gasteiger partial charge in [0, 0.05) is 35.8 Å². The van der Waals surface area contributed by atoms with Gasteiger partial charge >= 0.3 is 12.3 Å². The zero-order chi connectivity index (χ0) is 28.2. The van der Waals surface area contributed by atoms with Gasteiger partial charge in [0.15, 0.2) is 0 Å². The minimum Gasteiger partial charge on any atom is -0.497 e. The van der Waals surface area contributed by atoms with Gasteiger partial charge in [-0.15, -0.1) is 13.2 Å². The lowest BCUT2D eigenvalue weighted by Crippen LogP contribution is -2.37. The van der Waals surface area contributed by atoms with Gasteiger partial charge in [-0.05, 0) is 66.3 Å². The van der Waals surface area contributed by atoms with E-state index in [1.54, 1.807) is 36.4 Å². The molecule has 2 N–H and O–H groups in total. The quantitative estimate of drug-likeness (QED) is 0.297. The number of nitrogens with one attached hydrogen (secondary N) is 1. The summed E-state index contributed by atoms with van der Waals surface area (Å²) in [5, 5.41) is 12.7. The molecule has 1 unspecified atom stereocenters. The van der Waals surface area contributed by atoms with Gasteiger partial charge in [-0.1, -0.05) is 29.8 Å². The number of hydrogen-bond acceptors (Lipinski definition) is 5. The van der Waals surface area contributed by atoms with Gasteiger partial charge in [-0.3, -0.25) is 9.59 Å². The number of hydrogen-bond donors (Lipinski definition) is 2. The molecule has 0 aromatic heterocycles. The van der Waals surface area contributed by atoms with Gasteiger partial charge in [-0.2, -0.15) is 0 Å². The molecule has 4 rings (SSSR count). The first kappa shape index (κ1) is 28.1. The smallest absolute Gasteiger partial charge is 0.497 e. The van der Waals surface area contributed by atoms with E-state index >= 15 is 0 Å². The van der Waals surface area contributed by atoms with Crippen molar-refractivity contribution in [3.8, 4) is 11.5 Å². The molecule has 3 aromatic carbocycles. The lowest BCUT2D eigenvalue weighted by Gasteiger charge is -2.27. The average Bonchev–Trinajstić information content (AvgIpc) is 3.29. The Kier molecular flexibility index (Phi) is 8.54. The second kappa shape index (κ2) is 11.9. The number of carbonyl (C=O) groups is 2. The fourth-order valence-electron chi connectivity index (χ4n) is 4.50. The van der Waals surface area contributed by atoms with Gasteiger partial charge in [0.1, 0.15) is 17.5 Å². The Hall–Kier alpha value is -3.92. The summed E-state index contributed by atoms with van der Waals surface area (Å²) < 4.78 is 48.0. The molecule has 1 atom stereocenters. The van der Waals surface area contributed by atoms with Gasteiger partial charge in [-0.25, -0.2) is 0 Å². The van der Waals surface area contributed by atoms with E-state index in [4.69, 9.17) is 21.4 Å². The topological polar surface area (TPSA) is 88.1 Å². The number of fused-ring (bicyclic) bond motifs is 1. The number of aliphatic carboxylic acids is 1. The average molecular weight is 563 g/mol. The van der Waals surface area contributed by atoms with E-state index in [1.165, 1.54) is 30.2 Å². The van der Waals surface area contributed by atoms with Crippen molar-refractivity contribution in [1.29, 1.82) is 0 Å². The molecule has 3 aromatic rings. The minimum absolute atomic E-state index is 0.0142. The van der Waals surface area contributed by atoms with Crippen molar-refractivity contribution in [2.24, 2.45) is 0 Å². The third-order valence-electron chi connectivity index (χ3n) is 6.27. The number of nitrogens with zero attached hydrogens (tertiary/aromatic N) is 1. The summed E-state index contributed by atoms with van der Waals surface area (Å²) in [6.45, 7) is 0.286. The van der Waals surface area contributed by atoms with Crippen LogP contribution in [0.25, 0.3) is 0 Å². The van der Waals surface area contributed by atoms with Crippen molar-refractivity contribution in [2.75, 3.05) is 23.9 Å². The Labute approximate surface area is 228 Å². The predicted octanol–water partition coefficient (Wildman–Crippen LogP) is 6.40. The molecule has 0 radical (unpaired) electrons. The molecule has 1 amide bonds. The van der Waals surface area contributed by atoms with Crippen LogP contribution in [0.1, 0.15) is 35.6 Å². The van der Waals surface area contributed by atoms with E-state index in [9.17, 15) is 22.8 Å². The number of alkyl halides is 3. The number of amides is 1. The van der Waals surface area contributed by atoms with E-state index in [0.29, 0.717) is 47.0 Å². The molecular weight excluding hydrogens is 537 g/mol. The Morgan fingerprint density at radius 1 is 1.08 bits per heavy atom. The lowest BCUT2D eigenvalue weighted by molar-refractivity contribution is -0.274. The first-order valence-electron chi connectivity index (χ1n) is 12.1. The van der Waals surface area contributed by atoms with Gasteiger partial charge in [0.2, 0.25) is 0 Å². The first-order valence-corrected chi connectivity index (χ1v) is 12.5. The highest BCUT2D eigenvalue weighted by Crippen LogP contribution is 2.36. The number of carboxylic acid groups (broad SMARTS) is 1. The van der Waals surface area contributed by atoms with Crippen molar-refractivity contribution in [3.63, 3.8) is 0 Å². The second-order valence-electron chi connectivity index (χ2n) is 9.02. The third kappa shape index (κ3) is 7.35. The summed E-state index contributed by atoms with van der Waals surface area (Å²) in [6.07, 6.45) is -3.45. The normalized spacial score (nSPS) is 13.5. The van der Waals surface area contributed by atoms with E-state index in [1.807, 2.05) is 6.07 Å². The summed E-state index contributed by atoms with van der Waals surface area (Å²) >= 11 is 6.07. The van der Waals surface area contributed by atoms with Crippen LogP contribution in [-0.4, -0.2) is 37.0 Å². The van der Waals surface area contributed by atoms with Crippen LogP contribution >= 0.6 is 11.6 Å². The van der Waals surface area contributed by atoms with Crippen molar-refractivity contribution in [1.82, 2.24) is 0 Å². The number of benzene rings is 3. The lowest BCUT2D eigenvalue weighted by atomic mass is 10.0. The fraction of sp³-hybridized carbons (Fsp3) is 0.286. The number of anilines is 2. The highest BCUT2D eigenvalue weighted by Gasteiger charge is 2.34. The van der Waals surface area contributed by atoms with Crippen LogP contribution in [0, 0.1) is 0 Å². The Morgan fingerprint density at radius 2 is 1.82 bits per heavy atom. The number of carboxylic acids is 1. The molecule has 0 fully saturated rings. The van der Waals surface area contributed by atoms with Crippen LogP contribution in [0.15, 0.2) is 60.7 Å². The number of methoxy groups -OCH3 is 1. The van der Waals surface area contributed by atoms with Crippen molar-refractivity contribution in [2.45, 2.75) is 38.1 Å². The SMILES string of the molecule is COc1cc(CCCC(=O)O)cc(NC(C(=O)N2CCc3ccc(OC(F)(F)F)cc32)c2ccc(Cl)cc2)c1. The van der Waals surface area contributed by atoms with Crippen molar-refractivity contribution in [3.05, 3.63) is 82.4 Å². The van der Waals surface area contributed by atoms with Gasteiger partial charge in [0.25, 0.3) is 5.91 Å². The second-order valence-corrected chi connectivity index (χ2v) is 9.46. The highest BCUT2D eigenvalue weighted by atomic mass is 35.5. The molecule has 206 valence electrons. The molecule has 0 saturated carbocycles. The monoisotopic (exact) mass is 562 g/mol. The van der Waals surface area contributed by atoms with Gasteiger partial charge < -0.3 is 24.8 Å². The number of halogens is 4. The number of aryl methyl sites for hydroxylation is 1. The van der Waals surface area contributed by atoms with E-state index < -0.39 is 24.1 Å². The van der Waals surface area contributed by atoms with Crippen LogP contribution in [-0.2, 0) is 22.4 Å². The van der Waals surface area contributed by atoms with Crippen LogP contribution in [0.5, 0.6) is 11.5 Å². The van der Waals surface area contributed by atoms with Crippen LogP contribution in [0.4, 0.5) is 24.5 Å². The molecule has 0 bridgehead atoms. The summed E-state index contributed by atoms with van der Waals surface area (Å²) in [5.74, 6) is -1.15. The predicted molar refractivity (Wildman–Crippen MR) is 141 cm³/mol. The molecule has 0 aliphatic carbocycles. The van der Waals surface area contributed by atoms with Crippen LogP contribution in [0.3, 0.4) is 0 Å². The maximum absolute atomic E-state index is 14.0. The molecule has 0 saturated heterocycles. The Balaban J connectivity index is 1.66. The van der Waals surface area contributed by atoms with Crippen molar-refractivity contribution < 1.29 is 37.3 Å². The first-order chi connectivity index (χ1) is 18.5. The molecule has 7 nitrogen and oxygen atoms in total. The maximum atomic E-state index is 14.0. The molecule has 1 aliphatic rings.